The van der Waals surface area contributed by atoms with Crippen molar-refractivity contribution in [1.82, 2.24) is 15.1 Å². The van der Waals surface area contributed by atoms with Crippen LogP contribution in [0.5, 0.6) is 0 Å². The van der Waals surface area contributed by atoms with Gasteiger partial charge in [0.2, 0.25) is 5.91 Å². The predicted molar refractivity (Wildman–Crippen MR) is 71.7 cm³/mol. The van der Waals surface area contributed by atoms with Crippen LogP contribution < -0.4 is 11.1 Å². The number of aryl methyl sites for hydroxylation is 1. The van der Waals surface area contributed by atoms with Crippen molar-refractivity contribution < 1.29 is 10.0 Å². The zero-order valence-electron chi connectivity index (χ0n) is 11.3. The third-order valence-electron chi connectivity index (χ3n) is 2.84. The number of nitrogens with one attached hydrogen (secondary N) is 1. The molecule has 1 rings (SSSR count). The van der Waals surface area contributed by atoms with E-state index in [2.05, 4.69) is 15.6 Å². The summed E-state index contributed by atoms with van der Waals surface area (Å²) in [7, 11) is 1.85. The summed E-state index contributed by atoms with van der Waals surface area (Å²) in [6, 6.07) is 0. The van der Waals surface area contributed by atoms with Crippen molar-refractivity contribution in [3.8, 4) is 0 Å². The Morgan fingerprint density at radius 1 is 1.68 bits per heavy atom. The molecule has 1 amide bonds. The summed E-state index contributed by atoms with van der Waals surface area (Å²) in [5.41, 5.74) is 6.57. The number of nitrogens with zero attached hydrogens (tertiary/aromatic N) is 3. The van der Waals surface area contributed by atoms with Crippen LogP contribution in [-0.4, -0.2) is 33.3 Å². The molecule has 0 aliphatic heterocycles. The van der Waals surface area contributed by atoms with E-state index < -0.39 is 5.92 Å². The summed E-state index contributed by atoms with van der Waals surface area (Å²) in [4.78, 5) is 11.9. The summed E-state index contributed by atoms with van der Waals surface area (Å²) in [5.74, 6) is -0.814. The van der Waals surface area contributed by atoms with Crippen LogP contribution in [-0.2, 0) is 18.3 Å². The summed E-state index contributed by atoms with van der Waals surface area (Å²) in [5, 5.41) is 18.4. The summed E-state index contributed by atoms with van der Waals surface area (Å²) < 4.78 is 1.72. The van der Waals surface area contributed by atoms with Crippen LogP contribution in [0.25, 0.3) is 0 Å². The van der Waals surface area contributed by atoms with E-state index in [0.29, 0.717) is 19.4 Å². The van der Waals surface area contributed by atoms with Gasteiger partial charge in [0.25, 0.3) is 0 Å². The Labute approximate surface area is 112 Å². The molecule has 0 aromatic carbocycles. The number of nitrogens with two attached hydrogens (primary N) is 1. The fraction of sp³-hybridized carbons (Fsp3) is 0.583. The molecule has 1 atom stereocenters. The van der Waals surface area contributed by atoms with Crippen molar-refractivity contribution in [2.45, 2.75) is 26.2 Å². The van der Waals surface area contributed by atoms with Crippen molar-refractivity contribution in [3.63, 3.8) is 0 Å². The van der Waals surface area contributed by atoms with E-state index in [-0.39, 0.29) is 11.7 Å². The van der Waals surface area contributed by atoms with Gasteiger partial charge in [-0.15, -0.1) is 0 Å². The van der Waals surface area contributed by atoms with E-state index in [0.717, 1.165) is 12.0 Å². The zero-order chi connectivity index (χ0) is 14.3. The first kappa shape index (κ1) is 15.0. The van der Waals surface area contributed by atoms with Gasteiger partial charge >= 0.3 is 0 Å². The van der Waals surface area contributed by atoms with Gasteiger partial charge in [0, 0.05) is 19.8 Å². The number of aromatic nitrogens is 2. The van der Waals surface area contributed by atoms with Crippen molar-refractivity contribution in [2.75, 3.05) is 6.54 Å². The second kappa shape index (κ2) is 7.40. The third kappa shape index (κ3) is 4.61. The molecule has 0 radical (unpaired) electrons. The SMILES string of the molecule is CCCC(C(=O)NCCc1cnn(C)c1)C(N)=NO. The lowest BCUT2D eigenvalue weighted by Crippen LogP contribution is -2.39. The van der Waals surface area contributed by atoms with E-state index >= 15 is 0 Å². The van der Waals surface area contributed by atoms with Crippen molar-refractivity contribution in [2.24, 2.45) is 23.9 Å². The van der Waals surface area contributed by atoms with Gasteiger partial charge in [-0.1, -0.05) is 18.5 Å². The number of hydrogen-bond acceptors (Lipinski definition) is 4. The first-order chi connectivity index (χ1) is 9.08. The smallest absolute Gasteiger partial charge is 0.230 e. The average molecular weight is 267 g/mol. The molecule has 0 fully saturated rings. The molecule has 1 aromatic rings. The lowest BCUT2D eigenvalue weighted by molar-refractivity contribution is -0.123. The molecule has 1 heterocycles. The second-order valence-electron chi connectivity index (χ2n) is 4.43. The monoisotopic (exact) mass is 267 g/mol. The predicted octanol–water partition coefficient (Wildman–Crippen LogP) is 0.242. The Bertz CT molecular complexity index is 441. The number of amides is 1. The molecule has 19 heavy (non-hydrogen) atoms. The van der Waals surface area contributed by atoms with Gasteiger partial charge in [0.15, 0.2) is 5.84 Å². The normalized spacial score (nSPS) is 13.3. The molecule has 1 aromatic heterocycles. The maximum Gasteiger partial charge on any atom is 0.230 e. The van der Waals surface area contributed by atoms with E-state index in [1.54, 1.807) is 10.9 Å². The molecule has 4 N–H and O–H groups in total. The standard InChI is InChI=1S/C12H21N5O2/c1-3-4-10(11(13)16-19)12(18)14-6-5-9-7-15-17(2)8-9/h7-8,10,19H,3-6H2,1-2H3,(H2,13,16)(H,14,18). The van der Waals surface area contributed by atoms with Crippen molar-refractivity contribution in [3.05, 3.63) is 18.0 Å². The molecule has 0 spiro atoms. The fourth-order valence-corrected chi connectivity index (χ4v) is 1.83. The minimum Gasteiger partial charge on any atom is -0.409 e. The molecule has 0 saturated carbocycles. The molecule has 7 heteroatoms. The summed E-state index contributed by atoms with van der Waals surface area (Å²) in [6.45, 7) is 2.45. The van der Waals surface area contributed by atoms with Gasteiger partial charge in [-0.05, 0) is 18.4 Å². The topological polar surface area (TPSA) is 106 Å². The number of amidine groups is 1. The van der Waals surface area contributed by atoms with Crippen molar-refractivity contribution >= 4 is 11.7 Å². The maximum absolute atomic E-state index is 11.9. The Kier molecular flexibility index (Phi) is 5.84. The van der Waals surface area contributed by atoms with Gasteiger partial charge in [0.1, 0.15) is 0 Å². The fourth-order valence-electron chi connectivity index (χ4n) is 1.83. The molecular weight excluding hydrogens is 246 g/mol. The molecule has 0 aliphatic carbocycles. The number of carbonyl (C=O) groups excluding carboxylic acids is 1. The lowest BCUT2D eigenvalue weighted by atomic mass is 10.0. The Hall–Kier alpha value is -2.05. The Balaban J connectivity index is 2.44. The van der Waals surface area contributed by atoms with Crippen LogP contribution in [0.1, 0.15) is 25.3 Å². The van der Waals surface area contributed by atoms with Gasteiger partial charge in [-0.25, -0.2) is 0 Å². The Morgan fingerprint density at radius 2 is 2.42 bits per heavy atom. The van der Waals surface area contributed by atoms with Crippen LogP contribution in [0.2, 0.25) is 0 Å². The highest BCUT2D eigenvalue weighted by Crippen LogP contribution is 2.07. The van der Waals surface area contributed by atoms with E-state index in [4.69, 9.17) is 10.9 Å². The van der Waals surface area contributed by atoms with E-state index in [1.165, 1.54) is 0 Å². The number of carbonyl (C=O) groups is 1. The molecule has 106 valence electrons. The van der Waals surface area contributed by atoms with Crippen molar-refractivity contribution in [1.29, 1.82) is 0 Å². The minimum absolute atomic E-state index is 0.0410. The highest BCUT2D eigenvalue weighted by molar-refractivity contribution is 6.02. The lowest BCUT2D eigenvalue weighted by Gasteiger charge is -2.14. The molecule has 0 saturated heterocycles. The number of rotatable bonds is 7. The van der Waals surface area contributed by atoms with Gasteiger partial charge < -0.3 is 16.3 Å². The molecule has 0 bridgehead atoms. The summed E-state index contributed by atoms with van der Waals surface area (Å²) >= 11 is 0. The highest BCUT2D eigenvalue weighted by atomic mass is 16.4. The number of hydrogen-bond donors (Lipinski definition) is 3. The van der Waals surface area contributed by atoms with Crippen LogP contribution in [0.3, 0.4) is 0 Å². The minimum atomic E-state index is -0.566. The molecule has 7 nitrogen and oxygen atoms in total. The second-order valence-corrected chi connectivity index (χ2v) is 4.43. The van der Waals surface area contributed by atoms with E-state index in [9.17, 15) is 4.79 Å². The highest BCUT2D eigenvalue weighted by Gasteiger charge is 2.21. The van der Waals surface area contributed by atoms with E-state index in [1.807, 2.05) is 20.2 Å². The van der Waals surface area contributed by atoms with Gasteiger partial charge in [-0.3, -0.25) is 9.48 Å². The molecule has 0 aliphatic rings. The largest absolute Gasteiger partial charge is 0.409 e. The quantitative estimate of drug-likeness (QED) is 0.285. The third-order valence-corrected chi connectivity index (χ3v) is 2.84. The molecular formula is C12H21N5O2. The summed E-state index contributed by atoms with van der Waals surface area (Å²) in [6.07, 6.45) is 5.72. The van der Waals surface area contributed by atoms with Gasteiger partial charge in [0.05, 0.1) is 12.1 Å². The number of oxime groups is 1. The van der Waals surface area contributed by atoms with Gasteiger partial charge in [-0.2, -0.15) is 5.10 Å². The van der Waals surface area contributed by atoms with Crippen LogP contribution in [0, 0.1) is 5.92 Å². The zero-order valence-corrected chi connectivity index (χ0v) is 11.3. The Morgan fingerprint density at radius 3 is 2.95 bits per heavy atom. The van der Waals surface area contributed by atoms with Crippen LogP contribution >= 0.6 is 0 Å². The molecule has 1 unspecified atom stereocenters. The maximum atomic E-state index is 11.9. The first-order valence-corrected chi connectivity index (χ1v) is 6.31. The van der Waals surface area contributed by atoms with Crippen LogP contribution in [0.4, 0.5) is 0 Å². The first-order valence-electron chi connectivity index (χ1n) is 6.31. The average Bonchev–Trinajstić information content (AvgIpc) is 2.80. The van der Waals surface area contributed by atoms with Crippen LogP contribution in [0.15, 0.2) is 17.5 Å².